The first kappa shape index (κ1) is 16.8. The number of halogens is 1. The molecule has 0 saturated carbocycles. The van der Waals surface area contributed by atoms with Crippen molar-refractivity contribution in [3.63, 3.8) is 0 Å². The lowest BCUT2D eigenvalue weighted by Crippen LogP contribution is -2.37. The van der Waals surface area contributed by atoms with Crippen LogP contribution in [-0.2, 0) is 33.5 Å². The maximum absolute atomic E-state index is 12.8. The second-order valence-electron chi connectivity index (χ2n) is 6.61. The molecule has 0 radical (unpaired) electrons. The van der Waals surface area contributed by atoms with Gasteiger partial charge in [-0.1, -0.05) is 12.1 Å². The van der Waals surface area contributed by atoms with Crippen molar-refractivity contribution in [2.45, 2.75) is 25.8 Å². The fourth-order valence-corrected chi connectivity index (χ4v) is 3.77. The van der Waals surface area contributed by atoms with E-state index >= 15 is 0 Å². The van der Waals surface area contributed by atoms with Crippen molar-refractivity contribution in [1.82, 2.24) is 18.7 Å². The molecule has 0 aliphatic heterocycles. The highest BCUT2D eigenvalue weighted by atomic mass is 35.5. The number of aryl methyl sites for hydroxylation is 3. The molecule has 0 saturated heterocycles. The number of imidazole rings is 1. The zero-order valence-electron chi connectivity index (χ0n) is 14.5. The lowest BCUT2D eigenvalue weighted by molar-refractivity contribution is 0.0973. The highest BCUT2D eigenvalue weighted by Crippen LogP contribution is 2.24. The predicted molar refractivity (Wildman–Crippen MR) is 98.0 cm³/mol. The molecule has 2 aromatic heterocycles. The van der Waals surface area contributed by atoms with Gasteiger partial charge in [0.2, 0.25) is 5.28 Å². The molecule has 2 heterocycles. The Hall–Kier alpha value is -2.67. The molecule has 8 heteroatoms. The number of hydrogen-bond donors (Lipinski definition) is 0. The van der Waals surface area contributed by atoms with Crippen LogP contribution in [0, 0.1) is 0 Å². The quantitative estimate of drug-likeness (QED) is 0.515. The van der Waals surface area contributed by atoms with Gasteiger partial charge >= 0.3 is 5.69 Å². The summed E-state index contributed by atoms with van der Waals surface area (Å²) in [4.78, 5) is 41.4. The average Bonchev–Trinajstić information content (AvgIpc) is 3.22. The van der Waals surface area contributed by atoms with E-state index in [0.29, 0.717) is 5.56 Å². The molecule has 26 heavy (non-hydrogen) atoms. The SMILES string of the molecule is Cn1c(=O)c2c(nc(Cl)n2CC(=O)c2ccc3c(c2)CCC3)n(C)c1=O. The Morgan fingerprint density at radius 2 is 1.88 bits per heavy atom. The van der Waals surface area contributed by atoms with Gasteiger partial charge in [0.1, 0.15) is 0 Å². The Kier molecular flexibility index (Phi) is 3.84. The van der Waals surface area contributed by atoms with Crippen molar-refractivity contribution >= 4 is 28.5 Å². The van der Waals surface area contributed by atoms with Gasteiger partial charge in [-0.3, -0.25) is 18.7 Å². The van der Waals surface area contributed by atoms with E-state index in [1.54, 1.807) is 0 Å². The first-order chi connectivity index (χ1) is 12.4. The van der Waals surface area contributed by atoms with Crippen LogP contribution in [0.15, 0.2) is 27.8 Å². The number of nitrogens with zero attached hydrogens (tertiary/aromatic N) is 4. The van der Waals surface area contributed by atoms with Crippen LogP contribution in [0.4, 0.5) is 0 Å². The number of aromatic nitrogens is 4. The molecule has 0 unspecified atom stereocenters. The maximum Gasteiger partial charge on any atom is 0.332 e. The number of carbonyl (C=O) groups is 1. The van der Waals surface area contributed by atoms with Crippen molar-refractivity contribution in [1.29, 1.82) is 0 Å². The smallest absolute Gasteiger partial charge is 0.301 e. The first-order valence-corrected chi connectivity index (χ1v) is 8.73. The fourth-order valence-electron chi connectivity index (χ4n) is 3.54. The van der Waals surface area contributed by atoms with Gasteiger partial charge in [-0.25, -0.2) is 4.79 Å². The van der Waals surface area contributed by atoms with Gasteiger partial charge in [0, 0.05) is 19.7 Å². The number of carbonyl (C=O) groups excluding carboxylic acids is 1. The third-order valence-corrected chi connectivity index (χ3v) is 5.31. The van der Waals surface area contributed by atoms with Gasteiger partial charge in [-0.15, -0.1) is 0 Å². The molecular weight excluding hydrogens is 356 g/mol. The molecule has 0 atom stereocenters. The third kappa shape index (κ3) is 2.42. The highest BCUT2D eigenvalue weighted by molar-refractivity contribution is 6.29. The van der Waals surface area contributed by atoms with Gasteiger partial charge in [0.25, 0.3) is 5.56 Å². The zero-order valence-corrected chi connectivity index (χ0v) is 15.2. The topological polar surface area (TPSA) is 78.9 Å². The van der Waals surface area contributed by atoms with E-state index in [-0.39, 0.29) is 28.8 Å². The highest BCUT2D eigenvalue weighted by Gasteiger charge is 2.21. The fraction of sp³-hybridized carbons (Fsp3) is 0.333. The predicted octanol–water partition coefficient (Wildman–Crippen LogP) is 1.46. The Balaban J connectivity index is 1.80. The molecule has 1 aromatic carbocycles. The lowest BCUT2D eigenvalue weighted by atomic mass is 10.0. The number of benzene rings is 1. The molecule has 4 rings (SSSR count). The number of rotatable bonds is 3. The van der Waals surface area contributed by atoms with Crippen molar-refractivity contribution in [3.8, 4) is 0 Å². The minimum atomic E-state index is -0.524. The normalized spacial score (nSPS) is 13.3. The molecule has 134 valence electrons. The van der Waals surface area contributed by atoms with E-state index in [1.165, 1.54) is 34.4 Å². The minimum Gasteiger partial charge on any atom is -0.301 e. The van der Waals surface area contributed by atoms with Crippen LogP contribution < -0.4 is 11.2 Å². The second kappa shape index (κ2) is 5.95. The largest absolute Gasteiger partial charge is 0.332 e. The van der Waals surface area contributed by atoms with Gasteiger partial charge in [-0.2, -0.15) is 4.98 Å². The lowest BCUT2D eigenvalue weighted by Gasteiger charge is -2.08. The van der Waals surface area contributed by atoms with E-state index in [9.17, 15) is 14.4 Å². The molecule has 0 spiro atoms. The van der Waals surface area contributed by atoms with E-state index in [1.807, 2.05) is 18.2 Å². The van der Waals surface area contributed by atoms with Gasteiger partial charge in [-0.05, 0) is 48.1 Å². The molecule has 0 bridgehead atoms. The summed E-state index contributed by atoms with van der Waals surface area (Å²) in [5, 5.41) is 0.00723. The van der Waals surface area contributed by atoms with Gasteiger partial charge < -0.3 is 4.57 Å². The van der Waals surface area contributed by atoms with Crippen LogP contribution >= 0.6 is 11.6 Å². The van der Waals surface area contributed by atoms with Crippen LogP contribution in [0.25, 0.3) is 11.2 Å². The van der Waals surface area contributed by atoms with Crippen LogP contribution in [-0.4, -0.2) is 24.5 Å². The number of hydrogen-bond acceptors (Lipinski definition) is 4. The third-order valence-electron chi connectivity index (χ3n) is 5.02. The Morgan fingerprint density at radius 3 is 2.65 bits per heavy atom. The van der Waals surface area contributed by atoms with Crippen molar-refractivity contribution < 1.29 is 4.79 Å². The van der Waals surface area contributed by atoms with E-state index in [0.717, 1.165) is 23.8 Å². The summed E-state index contributed by atoms with van der Waals surface area (Å²) in [6.45, 7) is -0.110. The summed E-state index contributed by atoms with van der Waals surface area (Å²) in [6, 6.07) is 5.73. The first-order valence-electron chi connectivity index (χ1n) is 8.35. The Bertz CT molecular complexity index is 1190. The summed E-state index contributed by atoms with van der Waals surface area (Å²) >= 11 is 6.18. The van der Waals surface area contributed by atoms with E-state index < -0.39 is 11.2 Å². The van der Waals surface area contributed by atoms with Crippen LogP contribution in [0.5, 0.6) is 0 Å². The summed E-state index contributed by atoms with van der Waals surface area (Å²) in [5.41, 5.74) is 2.38. The second-order valence-corrected chi connectivity index (χ2v) is 6.94. The summed E-state index contributed by atoms with van der Waals surface area (Å²) < 4.78 is 3.60. The summed E-state index contributed by atoms with van der Waals surface area (Å²) in [5.74, 6) is -0.156. The standard InChI is InChI=1S/C18H17ClN4O3/c1-21-15-14(16(25)22(2)18(21)26)23(17(19)20-15)9-13(24)12-7-6-10-4-3-5-11(10)8-12/h6-8H,3-5,9H2,1-2H3. The summed E-state index contributed by atoms with van der Waals surface area (Å²) in [7, 11) is 2.90. The molecule has 0 amide bonds. The summed E-state index contributed by atoms with van der Waals surface area (Å²) in [6.07, 6.45) is 3.13. The molecule has 0 N–H and O–H groups in total. The monoisotopic (exact) mass is 372 g/mol. The Morgan fingerprint density at radius 1 is 1.15 bits per heavy atom. The van der Waals surface area contributed by atoms with Crippen LogP contribution in [0.3, 0.4) is 0 Å². The van der Waals surface area contributed by atoms with E-state index in [4.69, 9.17) is 11.6 Å². The molecule has 7 nitrogen and oxygen atoms in total. The molecule has 1 aliphatic rings. The maximum atomic E-state index is 12.8. The van der Waals surface area contributed by atoms with Crippen LogP contribution in [0.2, 0.25) is 5.28 Å². The molecule has 1 aliphatic carbocycles. The minimum absolute atomic E-state index is 0.00723. The van der Waals surface area contributed by atoms with Gasteiger partial charge in [0.05, 0.1) is 6.54 Å². The van der Waals surface area contributed by atoms with Crippen LogP contribution in [0.1, 0.15) is 27.9 Å². The Labute approximate surface area is 153 Å². The number of ketones is 1. The van der Waals surface area contributed by atoms with E-state index in [2.05, 4.69) is 4.98 Å². The van der Waals surface area contributed by atoms with Crippen molar-refractivity contribution in [2.75, 3.05) is 0 Å². The van der Waals surface area contributed by atoms with Crippen molar-refractivity contribution in [2.24, 2.45) is 14.1 Å². The molecule has 0 fully saturated rings. The number of fused-ring (bicyclic) bond motifs is 2. The molecular formula is C18H17ClN4O3. The zero-order chi connectivity index (χ0) is 18.6. The number of Topliss-reactive ketones (excluding diaryl/α,β-unsaturated/α-hetero) is 1. The molecule has 3 aromatic rings. The van der Waals surface area contributed by atoms with Crippen molar-refractivity contribution in [3.05, 3.63) is 61.0 Å². The average molecular weight is 373 g/mol. The van der Waals surface area contributed by atoms with Gasteiger partial charge in [0.15, 0.2) is 16.9 Å².